The lowest BCUT2D eigenvalue weighted by Gasteiger charge is -2.29. The number of oxazole rings is 1. The molecule has 1 heterocycles. The fraction of sp³-hybridized carbons (Fsp3) is 0.464. The van der Waals surface area contributed by atoms with Gasteiger partial charge in [0.1, 0.15) is 17.9 Å². The smallest absolute Gasteiger partial charge is 0.253 e. The Kier molecular flexibility index (Phi) is 7.20. The molecule has 3 aromatic rings. The zero-order chi connectivity index (χ0) is 25.3. The number of rotatable bonds is 8. The molecule has 0 aliphatic rings. The molecule has 0 bridgehead atoms. The number of Topliss-reactive ketones (excluding diaryl/α,β-unsaturated/α-hetero) is 1. The molecule has 1 amide bonds. The average Bonchev–Trinajstić information content (AvgIpc) is 3.22. The molecule has 0 fully saturated rings. The van der Waals surface area contributed by atoms with E-state index in [-0.39, 0.29) is 18.3 Å². The van der Waals surface area contributed by atoms with E-state index in [4.69, 9.17) is 14.1 Å². The van der Waals surface area contributed by atoms with Crippen LogP contribution in [0.25, 0.3) is 11.1 Å². The normalized spacial score (nSPS) is 12.1. The Bertz CT molecular complexity index is 1200. The van der Waals surface area contributed by atoms with Crippen molar-refractivity contribution in [3.05, 3.63) is 59.0 Å². The Labute approximate surface area is 202 Å². The largest absolute Gasteiger partial charge is 0.486 e. The fourth-order valence-electron chi connectivity index (χ4n) is 4.08. The summed E-state index contributed by atoms with van der Waals surface area (Å²) < 4.78 is 12.1. The number of fused-ring (bicyclic) bond motifs is 1. The van der Waals surface area contributed by atoms with Gasteiger partial charge in [-0.1, -0.05) is 46.8 Å². The van der Waals surface area contributed by atoms with E-state index in [1.807, 2.05) is 45.9 Å². The Morgan fingerprint density at radius 3 is 2.26 bits per heavy atom. The molecule has 182 valence electrons. The number of ketones is 1. The molecule has 0 unspecified atom stereocenters. The van der Waals surface area contributed by atoms with Crippen LogP contribution >= 0.6 is 0 Å². The molecule has 6 heteroatoms. The molecular weight excluding hydrogens is 428 g/mol. The highest BCUT2D eigenvalue weighted by molar-refractivity contribution is 5.96. The topological polar surface area (TPSA) is 72.6 Å². The maximum atomic E-state index is 12.4. The Hall–Kier alpha value is -3.15. The molecule has 0 atom stereocenters. The lowest BCUT2D eigenvalue weighted by molar-refractivity contribution is -0.128. The van der Waals surface area contributed by atoms with Gasteiger partial charge in [-0.3, -0.25) is 9.59 Å². The molecule has 34 heavy (non-hydrogen) atoms. The number of hydrogen-bond donors (Lipinski definition) is 0. The van der Waals surface area contributed by atoms with Gasteiger partial charge in [-0.25, -0.2) is 4.98 Å². The number of aromatic nitrogens is 1. The highest BCUT2D eigenvalue weighted by atomic mass is 16.5. The first-order chi connectivity index (χ1) is 15.9. The number of nitrogens with zero attached hydrogens (tertiary/aromatic N) is 2. The summed E-state index contributed by atoms with van der Waals surface area (Å²) in [6.45, 7) is 12.0. The Balaban J connectivity index is 1.97. The molecule has 0 saturated carbocycles. The standard InChI is InChI=1S/C28H36N2O4/c1-9-28(10-2,20-12-14-22(18(3)15-20)33-17-24(31)27(4,5)6)26-29-21-16-19(25(32)30(7)8)11-13-23(21)34-26/h11-16H,9-10,17H2,1-8H3. The van der Waals surface area contributed by atoms with Crippen molar-refractivity contribution in [3.8, 4) is 5.75 Å². The monoisotopic (exact) mass is 464 g/mol. The summed E-state index contributed by atoms with van der Waals surface area (Å²) in [6.07, 6.45) is 1.59. The molecule has 0 saturated heterocycles. The van der Waals surface area contributed by atoms with Crippen molar-refractivity contribution < 1.29 is 18.7 Å². The van der Waals surface area contributed by atoms with Crippen molar-refractivity contribution in [2.45, 2.75) is 59.8 Å². The first-order valence-corrected chi connectivity index (χ1v) is 11.8. The summed E-state index contributed by atoms with van der Waals surface area (Å²) >= 11 is 0. The van der Waals surface area contributed by atoms with Gasteiger partial charge in [-0.15, -0.1) is 0 Å². The van der Waals surface area contributed by atoms with E-state index in [9.17, 15) is 9.59 Å². The SMILES string of the molecule is CCC(CC)(c1ccc(OCC(=O)C(C)(C)C)c(C)c1)c1nc2cc(C(=O)N(C)C)ccc2o1. The molecule has 1 aromatic heterocycles. The fourth-order valence-corrected chi connectivity index (χ4v) is 4.08. The third-order valence-electron chi connectivity index (χ3n) is 6.58. The van der Waals surface area contributed by atoms with Crippen LogP contribution in [0, 0.1) is 12.3 Å². The highest BCUT2D eigenvalue weighted by Gasteiger charge is 2.36. The first kappa shape index (κ1) is 25.5. The van der Waals surface area contributed by atoms with Crippen LogP contribution in [-0.4, -0.2) is 42.3 Å². The lowest BCUT2D eigenvalue weighted by atomic mass is 9.75. The Morgan fingerprint density at radius 1 is 1.03 bits per heavy atom. The van der Waals surface area contributed by atoms with E-state index < -0.39 is 10.8 Å². The quantitative estimate of drug-likeness (QED) is 0.413. The van der Waals surface area contributed by atoms with Crippen molar-refractivity contribution in [2.24, 2.45) is 5.41 Å². The van der Waals surface area contributed by atoms with Gasteiger partial charge in [0.25, 0.3) is 5.91 Å². The van der Waals surface area contributed by atoms with Crippen LogP contribution in [0.2, 0.25) is 0 Å². The summed E-state index contributed by atoms with van der Waals surface area (Å²) in [5.74, 6) is 1.33. The number of ether oxygens (including phenoxy) is 1. The molecule has 0 N–H and O–H groups in total. The van der Waals surface area contributed by atoms with Crippen LogP contribution in [0.5, 0.6) is 5.75 Å². The maximum Gasteiger partial charge on any atom is 0.253 e. The summed E-state index contributed by atoms with van der Waals surface area (Å²) in [4.78, 5) is 31.0. The third kappa shape index (κ3) is 4.86. The minimum atomic E-state index is -0.433. The predicted molar refractivity (Wildman–Crippen MR) is 135 cm³/mol. The van der Waals surface area contributed by atoms with Gasteiger partial charge >= 0.3 is 0 Å². The van der Waals surface area contributed by atoms with Gasteiger partial charge in [0.2, 0.25) is 5.89 Å². The molecule has 0 radical (unpaired) electrons. The summed E-state index contributed by atoms with van der Waals surface area (Å²) in [7, 11) is 3.46. The number of carbonyl (C=O) groups excluding carboxylic acids is 2. The van der Waals surface area contributed by atoms with Gasteiger partial charge < -0.3 is 14.1 Å². The van der Waals surface area contributed by atoms with Crippen LogP contribution in [-0.2, 0) is 10.2 Å². The Morgan fingerprint density at radius 2 is 1.71 bits per heavy atom. The minimum Gasteiger partial charge on any atom is -0.486 e. The van der Waals surface area contributed by atoms with E-state index in [1.54, 1.807) is 31.1 Å². The second kappa shape index (κ2) is 9.61. The number of benzene rings is 2. The molecule has 0 spiro atoms. The summed E-state index contributed by atoms with van der Waals surface area (Å²) in [5, 5.41) is 0. The molecule has 0 aliphatic carbocycles. The van der Waals surface area contributed by atoms with Crippen molar-refractivity contribution >= 4 is 22.8 Å². The van der Waals surface area contributed by atoms with E-state index >= 15 is 0 Å². The van der Waals surface area contributed by atoms with Gasteiger partial charge in [0.05, 0.1) is 5.41 Å². The first-order valence-electron chi connectivity index (χ1n) is 11.8. The average molecular weight is 465 g/mol. The summed E-state index contributed by atoms with van der Waals surface area (Å²) in [6, 6.07) is 11.4. The minimum absolute atomic E-state index is 0.0511. The maximum absolute atomic E-state index is 12.4. The van der Waals surface area contributed by atoms with Crippen molar-refractivity contribution in [3.63, 3.8) is 0 Å². The van der Waals surface area contributed by atoms with Gasteiger partial charge in [0, 0.05) is 25.1 Å². The van der Waals surface area contributed by atoms with Crippen LogP contribution in [0.3, 0.4) is 0 Å². The molecule has 2 aromatic carbocycles. The molecule has 0 aliphatic heterocycles. The number of aryl methyl sites for hydroxylation is 1. The van der Waals surface area contributed by atoms with E-state index in [0.29, 0.717) is 28.3 Å². The van der Waals surface area contributed by atoms with E-state index in [1.165, 1.54) is 0 Å². The molecule has 3 rings (SSSR count). The molecular formula is C28H36N2O4. The number of carbonyl (C=O) groups is 2. The van der Waals surface area contributed by atoms with Crippen LogP contribution in [0.1, 0.15) is 74.8 Å². The van der Waals surface area contributed by atoms with E-state index in [0.717, 1.165) is 24.0 Å². The van der Waals surface area contributed by atoms with Crippen LogP contribution in [0.4, 0.5) is 0 Å². The number of hydrogen-bond acceptors (Lipinski definition) is 5. The zero-order valence-corrected chi connectivity index (χ0v) is 21.6. The highest BCUT2D eigenvalue weighted by Crippen LogP contribution is 2.41. The lowest BCUT2D eigenvalue weighted by Crippen LogP contribution is -2.27. The van der Waals surface area contributed by atoms with Crippen molar-refractivity contribution in [1.29, 1.82) is 0 Å². The second-order valence-electron chi connectivity index (χ2n) is 10.1. The number of amides is 1. The van der Waals surface area contributed by atoms with Crippen molar-refractivity contribution in [2.75, 3.05) is 20.7 Å². The molecule has 6 nitrogen and oxygen atoms in total. The van der Waals surface area contributed by atoms with Gasteiger partial charge in [-0.2, -0.15) is 0 Å². The third-order valence-corrected chi connectivity index (χ3v) is 6.58. The van der Waals surface area contributed by atoms with Crippen molar-refractivity contribution in [1.82, 2.24) is 9.88 Å². The van der Waals surface area contributed by atoms with Crippen LogP contribution in [0.15, 0.2) is 40.8 Å². The summed E-state index contributed by atoms with van der Waals surface area (Å²) in [5.41, 5.74) is 3.10. The van der Waals surface area contributed by atoms with Crippen LogP contribution < -0.4 is 4.74 Å². The van der Waals surface area contributed by atoms with Gasteiger partial charge in [0.15, 0.2) is 11.4 Å². The zero-order valence-electron chi connectivity index (χ0n) is 21.6. The van der Waals surface area contributed by atoms with Gasteiger partial charge in [-0.05, 0) is 55.2 Å². The van der Waals surface area contributed by atoms with E-state index in [2.05, 4.69) is 19.9 Å². The second-order valence-corrected chi connectivity index (χ2v) is 10.1. The predicted octanol–water partition coefficient (Wildman–Crippen LogP) is 5.94.